The Hall–Kier alpha value is -0.610. The molecule has 0 aromatic heterocycles. The van der Waals surface area contributed by atoms with Crippen LogP contribution in [0.4, 0.5) is 0 Å². The quantitative estimate of drug-likeness (QED) is 0.661. The van der Waals surface area contributed by atoms with Crippen LogP contribution in [0.2, 0.25) is 0 Å². The second-order valence-corrected chi connectivity index (χ2v) is 4.79. The van der Waals surface area contributed by atoms with Crippen molar-refractivity contribution >= 4 is 5.91 Å². The van der Waals surface area contributed by atoms with Crippen LogP contribution in [-0.2, 0) is 9.53 Å². The van der Waals surface area contributed by atoms with Gasteiger partial charge in [-0.25, -0.2) is 0 Å². The van der Waals surface area contributed by atoms with Gasteiger partial charge in [-0.1, -0.05) is 6.42 Å². The summed E-state index contributed by atoms with van der Waals surface area (Å²) in [6, 6.07) is 0.298. The van der Waals surface area contributed by atoms with Crippen LogP contribution in [0.15, 0.2) is 0 Å². The summed E-state index contributed by atoms with van der Waals surface area (Å²) in [6.45, 7) is 3.31. The summed E-state index contributed by atoms with van der Waals surface area (Å²) in [5.41, 5.74) is 0. The standard InChI is InChI=1S/C11H18N2O2/c14-11(8-2-1-3-8)13-4-5-15-10-7-12-6-9(10)13/h8-10,12H,1-7H2/t9-,10+/m0/s1. The zero-order valence-electron chi connectivity index (χ0n) is 8.95. The van der Waals surface area contributed by atoms with E-state index in [0.29, 0.717) is 24.5 Å². The topological polar surface area (TPSA) is 41.6 Å². The van der Waals surface area contributed by atoms with Gasteiger partial charge in [0.1, 0.15) is 0 Å². The van der Waals surface area contributed by atoms with Crippen LogP contribution >= 0.6 is 0 Å². The van der Waals surface area contributed by atoms with Gasteiger partial charge >= 0.3 is 0 Å². The fourth-order valence-electron chi connectivity index (χ4n) is 2.75. The van der Waals surface area contributed by atoms with Gasteiger partial charge in [-0.3, -0.25) is 4.79 Å². The van der Waals surface area contributed by atoms with E-state index in [2.05, 4.69) is 10.2 Å². The number of hydrogen-bond acceptors (Lipinski definition) is 3. The Morgan fingerprint density at radius 3 is 2.93 bits per heavy atom. The maximum Gasteiger partial charge on any atom is 0.226 e. The summed E-state index contributed by atoms with van der Waals surface area (Å²) in [6.07, 6.45) is 3.66. The molecule has 0 radical (unpaired) electrons. The highest BCUT2D eigenvalue weighted by molar-refractivity contribution is 5.80. The Balaban J connectivity index is 1.70. The van der Waals surface area contributed by atoms with E-state index in [4.69, 9.17) is 4.74 Å². The van der Waals surface area contributed by atoms with E-state index in [9.17, 15) is 4.79 Å². The Bertz CT molecular complexity index is 265. The van der Waals surface area contributed by atoms with Crippen LogP contribution in [0.3, 0.4) is 0 Å². The van der Waals surface area contributed by atoms with Crippen molar-refractivity contribution in [3.8, 4) is 0 Å². The highest BCUT2D eigenvalue weighted by Crippen LogP contribution is 2.30. The van der Waals surface area contributed by atoms with Crippen molar-refractivity contribution < 1.29 is 9.53 Å². The van der Waals surface area contributed by atoms with Gasteiger partial charge in [0, 0.05) is 25.6 Å². The van der Waals surface area contributed by atoms with Crippen LogP contribution < -0.4 is 5.32 Å². The first-order chi connectivity index (χ1) is 7.36. The second kappa shape index (κ2) is 3.76. The molecule has 3 rings (SSSR count). The highest BCUT2D eigenvalue weighted by Gasteiger charge is 2.41. The first-order valence-corrected chi connectivity index (χ1v) is 5.99. The number of rotatable bonds is 1. The van der Waals surface area contributed by atoms with E-state index < -0.39 is 0 Å². The number of morpholine rings is 1. The molecule has 2 aliphatic heterocycles. The number of carbonyl (C=O) groups is 1. The molecule has 15 heavy (non-hydrogen) atoms. The van der Waals surface area contributed by atoms with Gasteiger partial charge in [0.25, 0.3) is 0 Å². The third-order valence-electron chi connectivity index (χ3n) is 3.93. The lowest BCUT2D eigenvalue weighted by atomic mass is 9.84. The van der Waals surface area contributed by atoms with Crippen LogP contribution in [0.5, 0.6) is 0 Å². The summed E-state index contributed by atoms with van der Waals surface area (Å²) in [5, 5.41) is 3.31. The van der Waals surface area contributed by atoms with Crippen molar-refractivity contribution in [2.45, 2.75) is 31.4 Å². The Kier molecular flexibility index (Phi) is 2.41. The minimum Gasteiger partial charge on any atom is -0.373 e. The van der Waals surface area contributed by atoms with Crippen LogP contribution in [-0.4, -0.2) is 49.2 Å². The first kappa shape index (κ1) is 9.60. The molecule has 3 aliphatic rings. The number of fused-ring (bicyclic) bond motifs is 1. The van der Waals surface area contributed by atoms with Gasteiger partial charge in [-0.05, 0) is 12.8 Å². The number of nitrogens with one attached hydrogen (secondary N) is 1. The number of carbonyl (C=O) groups excluding carboxylic acids is 1. The summed E-state index contributed by atoms with van der Waals surface area (Å²) in [7, 11) is 0. The lowest BCUT2D eigenvalue weighted by Crippen LogP contribution is -2.55. The molecular weight excluding hydrogens is 192 g/mol. The smallest absolute Gasteiger partial charge is 0.226 e. The number of hydrogen-bond donors (Lipinski definition) is 1. The minimum absolute atomic E-state index is 0.239. The second-order valence-electron chi connectivity index (χ2n) is 4.79. The molecule has 4 heteroatoms. The fourth-order valence-corrected chi connectivity index (χ4v) is 2.75. The summed E-state index contributed by atoms with van der Waals surface area (Å²) < 4.78 is 5.66. The Morgan fingerprint density at radius 2 is 2.20 bits per heavy atom. The van der Waals surface area contributed by atoms with Crippen molar-refractivity contribution in [3.63, 3.8) is 0 Å². The molecule has 4 nitrogen and oxygen atoms in total. The first-order valence-electron chi connectivity index (χ1n) is 5.99. The average molecular weight is 210 g/mol. The number of amides is 1. The van der Waals surface area contributed by atoms with Gasteiger partial charge in [0.2, 0.25) is 5.91 Å². The largest absolute Gasteiger partial charge is 0.373 e. The maximum atomic E-state index is 12.2. The predicted molar refractivity (Wildman–Crippen MR) is 55.5 cm³/mol. The van der Waals surface area contributed by atoms with E-state index in [1.54, 1.807) is 0 Å². The molecule has 0 bridgehead atoms. The zero-order valence-corrected chi connectivity index (χ0v) is 8.95. The summed E-state index contributed by atoms with van der Waals surface area (Å²) in [4.78, 5) is 14.2. The fraction of sp³-hybridized carbons (Fsp3) is 0.909. The predicted octanol–water partition coefficient (Wildman–Crippen LogP) is -0.0143. The lowest BCUT2D eigenvalue weighted by Gasteiger charge is -2.40. The monoisotopic (exact) mass is 210 g/mol. The van der Waals surface area contributed by atoms with Gasteiger partial charge in [-0.15, -0.1) is 0 Å². The summed E-state index contributed by atoms with van der Waals surface area (Å²) in [5.74, 6) is 0.701. The Morgan fingerprint density at radius 1 is 1.33 bits per heavy atom. The van der Waals surface area contributed by atoms with E-state index >= 15 is 0 Å². The molecule has 0 unspecified atom stereocenters. The van der Waals surface area contributed by atoms with E-state index in [-0.39, 0.29) is 6.10 Å². The average Bonchev–Trinajstić information content (AvgIpc) is 2.61. The molecule has 1 saturated carbocycles. The SMILES string of the molecule is O=C(C1CCC1)N1CCO[C@@H]2CNC[C@@H]21. The zero-order chi connectivity index (χ0) is 10.3. The van der Waals surface area contributed by atoms with E-state index in [1.807, 2.05) is 0 Å². The van der Waals surface area contributed by atoms with E-state index in [1.165, 1.54) is 6.42 Å². The summed E-state index contributed by atoms with van der Waals surface area (Å²) >= 11 is 0. The van der Waals surface area contributed by atoms with Gasteiger partial charge in [0.15, 0.2) is 0 Å². The molecule has 0 aromatic rings. The van der Waals surface area contributed by atoms with Crippen molar-refractivity contribution in [1.82, 2.24) is 10.2 Å². The Labute approximate surface area is 90.0 Å². The molecule has 84 valence electrons. The molecule has 1 N–H and O–H groups in total. The number of nitrogens with zero attached hydrogens (tertiary/aromatic N) is 1. The molecule has 3 fully saturated rings. The van der Waals surface area contributed by atoms with Gasteiger partial charge in [0.05, 0.1) is 18.8 Å². The van der Waals surface area contributed by atoms with Gasteiger partial charge < -0.3 is 15.0 Å². The third kappa shape index (κ3) is 1.56. The molecule has 0 aromatic carbocycles. The van der Waals surface area contributed by atoms with Crippen molar-refractivity contribution in [2.75, 3.05) is 26.2 Å². The maximum absolute atomic E-state index is 12.2. The van der Waals surface area contributed by atoms with Gasteiger partial charge in [-0.2, -0.15) is 0 Å². The van der Waals surface area contributed by atoms with Crippen LogP contribution in [0, 0.1) is 5.92 Å². The minimum atomic E-state index is 0.239. The normalized spacial score (nSPS) is 36.1. The van der Waals surface area contributed by atoms with Crippen molar-refractivity contribution in [1.29, 1.82) is 0 Å². The van der Waals surface area contributed by atoms with E-state index in [0.717, 1.165) is 32.5 Å². The van der Waals surface area contributed by atoms with Crippen LogP contribution in [0.25, 0.3) is 0 Å². The molecule has 2 heterocycles. The van der Waals surface area contributed by atoms with Crippen LogP contribution in [0.1, 0.15) is 19.3 Å². The third-order valence-corrected chi connectivity index (χ3v) is 3.93. The van der Waals surface area contributed by atoms with Crippen molar-refractivity contribution in [3.05, 3.63) is 0 Å². The molecule has 1 amide bonds. The van der Waals surface area contributed by atoms with Crippen molar-refractivity contribution in [2.24, 2.45) is 5.92 Å². The lowest BCUT2D eigenvalue weighted by molar-refractivity contribution is -0.149. The molecule has 2 saturated heterocycles. The highest BCUT2D eigenvalue weighted by atomic mass is 16.5. The molecule has 1 aliphatic carbocycles. The molecular formula is C11H18N2O2. The molecule has 2 atom stereocenters. The number of ether oxygens (including phenoxy) is 1. The molecule has 0 spiro atoms.